The zero-order valence-corrected chi connectivity index (χ0v) is 15.5. The van der Waals surface area contributed by atoms with Crippen LogP contribution in [0.4, 0.5) is 5.69 Å². The van der Waals surface area contributed by atoms with E-state index in [9.17, 15) is 0 Å². The molecule has 0 spiro atoms. The van der Waals surface area contributed by atoms with E-state index in [-0.39, 0.29) is 0 Å². The van der Waals surface area contributed by atoms with Crippen LogP contribution in [0, 0.1) is 0 Å². The van der Waals surface area contributed by atoms with Crippen molar-refractivity contribution in [3.63, 3.8) is 0 Å². The van der Waals surface area contributed by atoms with Crippen LogP contribution in [0.5, 0.6) is 0 Å². The number of anilines is 1. The maximum absolute atomic E-state index is 4.19. The summed E-state index contributed by atoms with van der Waals surface area (Å²) in [5.74, 6) is 0. The second-order valence-electron chi connectivity index (χ2n) is 7.66. The van der Waals surface area contributed by atoms with Crippen LogP contribution in [0.2, 0.25) is 0 Å². The van der Waals surface area contributed by atoms with E-state index in [4.69, 9.17) is 0 Å². The molecule has 2 aliphatic rings. The van der Waals surface area contributed by atoms with Crippen LogP contribution in [0.25, 0.3) is 5.69 Å². The molecule has 0 unspecified atom stereocenters. The van der Waals surface area contributed by atoms with Gasteiger partial charge >= 0.3 is 0 Å². The molecule has 2 heterocycles. The van der Waals surface area contributed by atoms with E-state index >= 15 is 0 Å². The Morgan fingerprint density at radius 2 is 1.48 bits per heavy atom. The monoisotopic (exact) mass is 359 g/mol. The van der Waals surface area contributed by atoms with Crippen molar-refractivity contribution in [1.82, 2.24) is 20.1 Å². The van der Waals surface area contributed by atoms with Crippen molar-refractivity contribution in [2.45, 2.75) is 37.8 Å². The third kappa shape index (κ3) is 3.47. The summed E-state index contributed by atoms with van der Waals surface area (Å²) < 4.78 is 1.79. The van der Waals surface area contributed by atoms with Gasteiger partial charge in [-0.05, 0) is 61.1 Å². The first-order chi connectivity index (χ1) is 13.3. The van der Waals surface area contributed by atoms with Gasteiger partial charge in [-0.15, -0.1) is 0 Å². The minimum atomic E-state index is 0.612. The summed E-state index contributed by atoms with van der Waals surface area (Å²) in [7, 11) is 0. The summed E-state index contributed by atoms with van der Waals surface area (Å²) in [5.41, 5.74) is 5.40. The minimum Gasteiger partial charge on any atom is -0.371 e. The topological polar surface area (TPSA) is 46.0 Å². The lowest BCUT2D eigenvalue weighted by atomic mass is 10.0. The second-order valence-corrected chi connectivity index (χ2v) is 7.66. The SMILES string of the molecule is c1ccc2c(c1)CC(NC1CCN(c3ccc(-n4cncn4)cc3)CC1)C2. The fraction of sp³-hybridized carbons (Fsp3) is 0.364. The molecule has 138 valence electrons. The molecule has 1 aliphatic carbocycles. The van der Waals surface area contributed by atoms with Gasteiger partial charge in [0, 0.05) is 30.9 Å². The molecule has 2 aromatic carbocycles. The van der Waals surface area contributed by atoms with Gasteiger partial charge < -0.3 is 10.2 Å². The summed E-state index contributed by atoms with van der Waals surface area (Å²) in [6.45, 7) is 2.22. The maximum atomic E-state index is 4.19. The predicted molar refractivity (Wildman–Crippen MR) is 107 cm³/mol. The lowest BCUT2D eigenvalue weighted by Crippen LogP contribution is -2.46. The van der Waals surface area contributed by atoms with Crippen molar-refractivity contribution in [2.75, 3.05) is 18.0 Å². The van der Waals surface area contributed by atoms with Crippen LogP contribution >= 0.6 is 0 Å². The second kappa shape index (κ2) is 7.16. The first-order valence-corrected chi connectivity index (χ1v) is 9.88. The first-order valence-electron chi connectivity index (χ1n) is 9.88. The van der Waals surface area contributed by atoms with E-state index in [0.717, 1.165) is 18.8 Å². The van der Waals surface area contributed by atoms with Crippen molar-refractivity contribution < 1.29 is 0 Å². The summed E-state index contributed by atoms with van der Waals surface area (Å²) in [6, 6.07) is 18.7. The van der Waals surface area contributed by atoms with Crippen LogP contribution in [0.3, 0.4) is 0 Å². The van der Waals surface area contributed by atoms with E-state index in [1.807, 2.05) is 0 Å². The van der Waals surface area contributed by atoms with E-state index in [1.165, 1.54) is 42.5 Å². The largest absolute Gasteiger partial charge is 0.371 e. The average molecular weight is 359 g/mol. The molecular formula is C22H25N5. The lowest BCUT2D eigenvalue weighted by Gasteiger charge is -2.35. The van der Waals surface area contributed by atoms with Gasteiger partial charge in [0.1, 0.15) is 12.7 Å². The van der Waals surface area contributed by atoms with Gasteiger partial charge in [-0.25, -0.2) is 9.67 Å². The number of nitrogens with one attached hydrogen (secondary N) is 1. The van der Waals surface area contributed by atoms with E-state index in [1.54, 1.807) is 17.3 Å². The van der Waals surface area contributed by atoms with Crippen LogP contribution in [-0.2, 0) is 12.8 Å². The van der Waals surface area contributed by atoms with Crippen molar-refractivity contribution in [3.8, 4) is 5.69 Å². The molecule has 1 saturated heterocycles. The molecule has 5 rings (SSSR count). The Kier molecular flexibility index (Phi) is 4.38. The molecule has 0 radical (unpaired) electrons. The number of fused-ring (bicyclic) bond motifs is 1. The Labute approximate surface area is 160 Å². The van der Waals surface area contributed by atoms with Crippen LogP contribution in [-0.4, -0.2) is 39.9 Å². The third-order valence-corrected chi connectivity index (χ3v) is 5.92. The van der Waals surface area contributed by atoms with Crippen molar-refractivity contribution >= 4 is 5.69 Å². The highest BCUT2D eigenvalue weighted by molar-refractivity contribution is 5.51. The number of piperidine rings is 1. The minimum absolute atomic E-state index is 0.612. The Morgan fingerprint density at radius 3 is 2.11 bits per heavy atom. The first kappa shape index (κ1) is 16.5. The Balaban J connectivity index is 1.15. The van der Waals surface area contributed by atoms with E-state index in [0.29, 0.717) is 12.1 Å². The molecule has 1 aliphatic heterocycles. The summed E-state index contributed by atoms with van der Waals surface area (Å²) >= 11 is 0. The summed E-state index contributed by atoms with van der Waals surface area (Å²) in [5, 5.41) is 8.11. The molecule has 27 heavy (non-hydrogen) atoms. The number of benzene rings is 2. The van der Waals surface area contributed by atoms with Gasteiger partial charge in [0.15, 0.2) is 0 Å². The van der Waals surface area contributed by atoms with Crippen molar-refractivity contribution in [1.29, 1.82) is 0 Å². The zero-order valence-electron chi connectivity index (χ0n) is 15.5. The average Bonchev–Trinajstić information content (AvgIpc) is 3.38. The van der Waals surface area contributed by atoms with Gasteiger partial charge in [0.25, 0.3) is 0 Å². The molecule has 0 saturated carbocycles. The zero-order chi connectivity index (χ0) is 18.1. The lowest BCUT2D eigenvalue weighted by molar-refractivity contribution is 0.370. The highest BCUT2D eigenvalue weighted by Gasteiger charge is 2.26. The smallest absolute Gasteiger partial charge is 0.138 e. The fourth-order valence-electron chi connectivity index (χ4n) is 4.47. The van der Waals surface area contributed by atoms with Crippen LogP contribution < -0.4 is 10.2 Å². The van der Waals surface area contributed by atoms with Gasteiger partial charge in [0.2, 0.25) is 0 Å². The normalized spacial score (nSPS) is 18.0. The molecule has 3 aromatic rings. The highest BCUT2D eigenvalue weighted by atomic mass is 15.3. The standard InChI is InChI=1S/C22H25N5/c1-2-4-18-14-20(13-17(18)3-1)25-19-9-11-26(12-10-19)21-5-7-22(8-6-21)27-16-23-15-24-27/h1-8,15-16,19-20,25H,9-14H2. The number of hydrogen-bond acceptors (Lipinski definition) is 4. The molecular weight excluding hydrogens is 334 g/mol. The van der Waals surface area contributed by atoms with Gasteiger partial charge in [-0.2, -0.15) is 5.10 Å². The van der Waals surface area contributed by atoms with Gasteiger partial charge in [-0.1, -0.05) is 24.3 Å². The molecule has 1 N–H and O–H groups in total. The van der Waals surface area contributed by atoms with Crippen LogP contribution in [0.15, 0.2) is 61.2 Å². The van der Waals surface area contributed by atoms with Crippen molar-refractivity contribution in [2.24, 2.45) is 0 Å². The summed E-state index contributed by atoms with van der Waals surface area (Å²) in [6.07, 6.45) is 8.07. The van der Waals surface area contributed by atoms with E-state index < -0.39 is 0 Å². The number of nitrogens with zero attached hydrogens (tertiary/aromatic N) is 4. The Hall–Kier alpha value is -2.66. The maximum Gasteiger partial charge on any atom is 0.138 e. The number of hydrogen-bond donors (Lipinski definition) is 1. The molecule has 0 bridgehead atoms. The molecule has 0 atom stereocenters. The number of rotatable bonds is 4. The Bertz CT molecular complexity index is 854. The molecule has 5 heteroatoms. The molecule has 0 amide bonds. The quantitative estimate of drug-likeness (QED) is 0.778. The van der Waals surface area contributed by atoms with Gasteiger partial charge in [0.05, 0.1) is 5.69 Å². The summed E-state index contributed by atoms with van der Waals surface area (Å²) in [4.78, 5) is 6.50. The fourth-order valence-corrected chi connectivity index (χ4v) is 4.47. The van der Waals surface area contributed by atoms with Gasteiger partial charge in [-0.3, -0.25) is 0 Å². The highest BCUT2D eigenvalue weighted by Crippen LogP contribution is 2.25. The third-order valence-electron chi connectivity index (χ3n) is 5.92. The van der Waals surface area contributed by atoms with E-state index in [2.05, 4.69) is 68.8 Å². The predicted octanol–water partition coefficient (Wildman–Crippen LogP) is 2.99. The van der Waals surface area contributed by atoms with Crippen molar-refractivity contribution in [3.05, 3.63) is 72.3 Å². The Morgan fingerprint density at radius 1 is 0.815 bits per heavy atom. The van der Waals surface area contributed by atoms with Crippen LogP contribution in [0.1, 0.15) is 24.0 Å². The number of aromatic nitrogens is 3. The molecule has 1 fully saturated rings. The molecule has 5 nitrogen and oxygen atoms in total. The molecule has 1 aromatic heterocycles.